The lowest BCUT2D eigenvalue weighted by Gasteiger charge is -2.10. The number of hydrogen-bond donors (Lipinski definition) is 2. The molecular formula is C13H19FN2. The highest BCUT2D eigenvalue weighted by Crippen LogP contribution is 2.07. The Labute approximate surface area is 96.2 Å². The van der Waals surface area contributed by atoms with E-state index < -0.39 is 0 Å². The summed E-state index contributed by atoms with van der Waals surface area (Å²) in [5, 5.41) is 6.74. The van der Waals surface area contributed by atoms with E-state index in [-0.39, 0.29) is 5.82 Å². The molecule has 0 aromatic heterocycles. The second-order valence-electron chi connectivity index (χ2n) is 4.40. The zero-order valence-electron chi connectivity index (χ0n) is 9.51. The maximum atomic E-state index is 13.3. The predicted octanol–water partition coefficient (Wildman–Crippen LogP) is 1.57. The maximum absolute atomic E-state index is 13.3. The van der Waals surface area contributed by atoms with Crippen LogP contribution in [0.1, 0.15) is 12.0 Å². The minimum atomic E-state index is -0.0909. The second kappa shape index (κ2) is 5.97. The largest absolute Gasteiger partial charge is 0.316 e. The molecule has 0 amide bonds. The molecule has 1 saturated heterocycles. The monoisotopic (exact) mass is 222 g/mol. The fraction of sp³-hybridized carbons (Fsp3) is 0.538. The number of benzene rings is 1. The van der Waals surface area contributed by atoms with Crippen molar-refractivity contribution in [3.63, 3.8) is 0 Å². The first-order valence-electron chi connectivity index (χ1n) is 6.01. The molecule has 2 N–H and O–H groups in total. The zero-order chi connectivity index (χ0) is 11.2. The average molecular weight is 222 g/mol. The van der Waals surface area contributed by atoms with Gasteiger partial charge in [-0.25, -0.2) is 4.39 Å². The lowest BCUT2D eigenvalue weighted by Crippen LogP contribution is -2.26. The summed E-state index contributed by atoms with van der Waals surface area (Å²) in [6.45, 7) is 4.16. The Hall–Kier alpha value is -0.930. The topological polar surface area (TPSA) is 24.1 Å². The first-order valence-corrected chi connectivity index (χ1v) is 6.01. The number of rotatable bonds is 5. The van der Waals surface area contributed by atoms with Gasteiger partial charge in [0.1, 0.15) is 5.82 Å². The van der Waals surface area contributed by atoms with Gasteiger partial charge in [0, 0.05) is 0 Å². The van der Waals surface area contributed by atoms with E-state index >= 15 is 0 Å². The number of nitrogens with one attached hydrogen (secondary N) is 2. The molecule has 1 fully saturated rings. The molecule has 2 nitrogen and oxygen atoms in total. The Morgan fingerprint density at radius 2 is 2.25 bits per heavy atom. The highest BCUT2D eigenvalue weighted by atomic mass is 19.1. The quantitative estimate of drug-likeness (QED) is 0.739. The van der Waals surface area contributed by atoms with Crippen LogP contribution in [-0.4, -0.2) is 26.2 Å². The van der Waals surface area contributed by atoms with Crippen LogP contribution in [-0.2, 0) is 6.42 Å². The summed E-state index contributed by atoms with van der Waals surface area (Å²) in [6, 6.07) is 7.00. The van der Waals surface area contributed by atoms with Gasteiger partial charge < -0.3 is 10.6 Å². The van der Waals surface area contributed by atoms with Gasteiger partial charge in [-0.15, -0.1) is 0 Å². The van der Waals surface area contributed by atoms with Crippen molar-refractivity contribution in [3.05, 3.63) is 35.6 Å². The average Bonchev–Trinajstić information content (AvgIpc) is 2.79. The van der Waals surface area contributed by atoms with Crippen molar-refractivity contribution in [2.75, 3.05) is 26.2 Å². The maximum Gasteiger partial charge on any atom is 0.126 e. The van der Waals surface area contributed by atoms with E-state index in [1.165, 1.54) is 12.5 Å². The molecule has 0 aliphatic carbocycles. The molecule has 0 bridgehead atoms. The summed E-state index contributed by atoms with van der Waals surface area (Å²) in [5.74, 6) is 0.660. The van der Waals surface area contributed by atoms with Gasteiger partial charge in [-0.3, -0.25) is 0 Å². The van der Waals surface area contributed by atoms with Crippen LogP contribution in [0.5, 0.6) is 0 Å². The number of halogens is 1. The van der Waals surface area contributed by atoms with Crippen molar-refractivity contribution in [1.82, 2.24) is 10.6 Å². The predicted molar refractivity (Wildman–Crippen MR) is 64.0 cm³/mol. The van der Waals surface area contributed by atoms with E-state index in [2.05, 4.69) is 10.6 Å². The Morgan fingerprint density at radius 1 is 1.38 bits per heavy atom. The van der Waals surface area contributed by atoms with E-state index in [9.17, 15) is 4.39 Å². The van der Waals surface area contributed by atoms with Crippen molar-refractivity contribution in [2.24, 2.45) is 5.92 Å². The summed E-state index contributed by atoms with van der Waals surface area (Å²) in [4.78, 5) is 0. The molecule has 1 aliphatic heterocycles. The van der Waals surface area contributed by atoms with Crippen LogP contribution in [0.2, 0.25) is 0 Å². The summed E-state index contributed by atoms with van der Waals surface area (Å²) < 4.78 is 13.3. The van der Waals surface area contributed by atoms with Crippen LogP contribution in [0.15, 0.2) is 24.3 Å². The Balaban J connectivity index is 1.66. The van der Waals surface area contributed by atoms with Gasteiger partial charge in [-0.2, -0.15) is 0 Å². The normalized spacial score (nSPS) is 20.2. The van der Waals surface area contributed by atoms with Crippen LogP contribution in [0.25, 0.3) is 0 Å². The minimum absolute atomic E-state index is 0.0909. The van der Waals surface area contributed by atoms with Gasteiger partial charge in [0.15, 0.2) is 0 Å². The van der Waals surface area contributed by atoms with Gasteiger partial charge in [0.25, 0.3) is 0 Å². The molecule has 0 spiro atoms. The third-order valence-corrected chi connectivity index (χ3v) is 3.12. The molecule has 1 heterocycles. The summed E-state index contributed by atoms with van der Waals surface area (Å²) in [6.07, 6.45) is 2.03. The fourth-order valence-corrected chi connectivity index (χ4v) is 2.12. The lowest BCUT2D eigenvalue weighted by atomic mass is 10.1. The third-order valence-electron chi connectivity index (χ3n) is 3.12. The minimum Gasteiger partial charge on any atom is -0.316 e. The summed E-state index contributed by atoms with van der Waals surface area (Å²) in [7, 11) is 0. The molecule has 1 aliphatic rings. The first-order chi connectivity index (χ1) is 7.86. The van der Waals surface area contributed by atoms with Crippen LogP contribution >= 0.6 is 0 Å². The molecule has 3 heteroatoms. The molecular weight excluding hydrogens is 203 g/mol. The standard InChI is InChI=1S/C13H19FN2/c14-13-4-2-1-3-12(13)6-8-16-10-11-5-7-15-9-11/h1-4,11,15-16H,5-10H2. The highest BCUT2D eigenvalue weighted by molar-refractivity contribution is 5.17. The SMILES string of the molecule is Fc1ccccc1CCNCC1CCNC1. The van der Waals surface area contributed by atoms with Crippen molar-refractivity contribution in [3.8, 4) is 0 Å². The van der Waals surface area contributed by atoms with Gasteiger partial charge in [-0.05, 0) is 56.6 Å². The van der Waals surface area contributed by atoms with Crippen molar-refractivity contribution < 1.29 is 4.39 Å². The van der Waals surface area contributed by atoms with Crippen LogP contribution in [0.3, 0.4) is 0 Å². The smallest absolute Gasteiger partial charge is 0.126 e. The Bertz CT molecular complexity index is 321. The molecule has 1 unspecified atom stereocenters. The second-order valence-corrected chi connectivity index (χ2v) is 4.40. The van der Waals surface area contributed by atoms with Gasteiger partial charge in [-0.1, -0.05) is 18.2 Å². The van der Waals surface area contributed by atoms with E-state index in [4.69, 9.17) is 0 Å². The summed E-state index contributed by atoms with van der Waals surface area (Å²) >= 11 is 0. The van der Waals surface area contributed by atoms with Crippen molar-refractivity contribution in [2.45, 2.75) is 12.8 Å². The van der Waals surface area contributed by atoms with Gasteiger partial charge in [0.05, 0.1) is 0 Å². The Morgan fingerprint density at radius 3 is 3.00 bits per heavy atom. The molecule has 0 radical (unpaired) electrons. The highest BCUT2D eigenvalue weighted by Gasteiger charge is 2.13. The number of hydrogen-bond acceptors (Lipinski definition) is 2. The van der Waals surface area contributed by atoms with Crippen molar-refractivity contribution in [1.29, 1.82) is 0 Å². The van der Waals surface area contributed by atoms with E-state index in [0.717, 1.165) is 44.1 Å². The molecule has 88 valence electrons. The van der Waals surface area contributed by atoms with Crippen molar-refractivity contribution >= 4 is 0 Å². The van der Waals surface area contributed by atoms with Gasteiger partial charge in [0.2, 0.25) is 0 Å². The first kappa shape index (κ1) is 11.6. The lowest BCUT2D eigenvalue weighted by molar-refractivity contribution is 0.511. The molecule has 1 aromatic rings. The molecule has 16 heavy (non-hydrogen) atoms. The third kappa shape index (κ3) is 3.29. The summed E-state index contributed by atoms with van der Waals surface area (Å²) in [5.41, 5.74) is 0.805. The zero-order valence-corrected chi connectivity index (χ0v) is 9.51. The fourth-order valence-electron chi connectivity index (χ4n) is 2.12. The van der Waals surface area contributed by atoms with E-state index in [1.807, 2.05) is 12.1 Å². The molecule has 1 aromatic carbocycles. The Kier molecular flexibility index (Phi) is 4.31. The molecule has 1 atom stereocenters. The van der Waals surface area contributed by atoms with Crippen LogP contribution in [0, 0.1) is 11.7 Å². The van der Waals surface area contributed by atoms with E-state index in [1.54, 1.807) is 6.07 Å². The van der Waals surface area contributed by atoms with Crippen LogP contribution < -0.4 is 10.6 Å². The molecule has 2 rings (SSSR count). The molecule has 0 saturated carbocycles. The van der Waals surface area contributed by atoms with Gasteiger partial charge >= 0.3 is 0 Å². The van der Waals surface area contributed by atoms with Crippen LogP contribution in [0.4, 0.5) is 4.39 Å². The van der Waals surface area contributed by atoms with E-state index in [0.29, 0.717) is 0 Å².